The van der Waals surface area contributed by atoms with Crippen LogP contribution in [-0.2, 0) is 4.79 Å². The number of H-pyrrole nitrogens is 1. The van der Waals surface area contributed by atoms with Gasteiger partial charge >= 0.3 is 0 Å². The third-order valence-electron chi connectivity index (χ3n) is 3.64. The number of nitrogens with zero attached hydrogens (tertiary/aromatic N) is 3. The summed E-state index contributed by atoms with van der Waals surface area (Å²) in [6.45, 7) is 3.39. The van der Waals surface area contributed by atoms with E-state index in [9.17, 15) is 9.18 Å². The normalized spacial score (nSPS) is 15.4. The predicted molar refractivity (Wildman–Crippen MR) is 78.8 cm³/mol. The third-order valence-corrected chi connectivity index (χ3v) is 3.64. The molecule has 112 valence electrons. The van der Waals surface area contributed by atoms with Crippen LogP contribution in [0.4, 0.5) is 10.3 Å². The third kappa shape index (κ3) is 2.97. The average molecular weight is 291 g/mol. The van der Waals surface area contributed by atoms with Crippen molar-refractivity contribution in [2.45, 2.75) is 0 Å². The standard InChI is InChI=1S/C14H18FN5O/c1-19(9-13(21)20-6-4-16-5-7-20)14-17-11-3-2-10(15)8-12(11)18-14/h2-3,8,16H,4-7,9H2,1H3,(H,17,18). The van der Waals surface area contributed by atoms with Crippen LogP contribution in [0.5, 0.6) is 0 Å². The molecule has 1 aromatic heterocycles. The maximum atomic E-state index is 13.2. The molecule has 0 radical (unpaired) electrons. The van der Waals surface area contributed by atoms with Crippen LogP contribution in [0, 0.1) is 5.82 Å². The Morgan fingerprint density at radius 3 is 2.95 bits per heavy atom. The van der Waals surface area contributed by atoms with Crippen LogP contribution < -0.4 is 10.2 Å². The first-order chi connectivity index (χ1) is 10.1. The van der Waals surface area contributed by atoms with Gasteiger partial charge in [-0.25, -0.2) is 9.37 Å². The van der Waals surface area contributed by atoms with Gasteiger partial charge in [-0.3, -0.25) is 4.79 Å². The van der Waals surface area contributed by atoms with Crippen molar-refractivity contribution in [3.8, 4) is 0 Å². The molecule has 0 bridgehead atoms. The molecule has 0 unspecified atom stereocenters. The van der Waals surface area contributed by atoms with Crippen LogP contribution in [0.25, 0.3) is 11.0 Å². The Hall–Kier alpha value is -2.15. The van der Waals surface area contributed by atoms with Gasteiger partial charge in [-0.05, 0) is 18.2 Å². The van der Waals surface area contributed by atoms with Gasteiger partial charge in [0, 0.05) is 33.2 Å². The lowest BCUT2D eigenvalue weighted by Crippen LogP contribution is -2.49. The lowest BCUT2D eigenvalue weighted by Gasteiger charge is -2.29. The van der Waals surface area contributed by atoms with Gasteiger partial charge in [0.1, 0.15) is 5.82 Å². The van der Waals surface area contributed by atoms with Crippen molar-refractivity contribution in [1.29, 1.82) is 0 Å². The van der Waals surface area contributed by atoms with E-state index in [0.717, 1.165) is 26.2 Å². The second-order valence-corrected chi connectivity index (χ2v) is 5.21. The summed E-state index contributed by atoms with van der Waals surface area (Å²) in [4.78, 5) is 23.2. The Morgan fingerprint density at radius 1 is 1.43 bits per heavy atom. The molecule has 1 aliphatic rings. The molecular formula is C14H18FN5O. The molecule has 2 heterocycles. The van der Waals surface area contributed by atoms with E-state index in [2.05, 4.69) is 15.3 Å². The highest BCUT2D eigenvalue weighted by atomic mass is 19.1. The number of rotatable bonds is 3. The first kappa shape index (κ1) is 13.8. The molecule has 21 heavy (non-hydrogen) atoms. The summed E-state index contributed by atoms with van der Waals surface area (Å²) in [6.07, 6.45) is 0. The topological polar surface area (TPSA) is 64.3 Å². The van der Waals surface area contributed by atoms with Crippen molar-refractivity contribution in [3.63, 3.8) is 0 Å². The molecule has 2 N–H and O–H groups in total. The number of nitrogens with one attached hydrogen (secondary N) is 2. The van der Waals surface area contributed by atoms with E-state index in [4.69, 9.17) is 0 Å². The highest BCUT2D eigenvalue weighted by Gasteiger charge is 2.19. The summed E-state index contributed by atoms with van der Waals surface area (Å²) in [5.41, 5.74) is 1.32. The van der Waals surface area contributed by atoms with E-state index < -0.39 is 0 Å². The van der Waals surface area contributed by atoms with E-state index in [0.29, 0.717) is 17.0 Å². The van der Waals surface area contributed by atoms with Crippen LogP contribution in [0.1, 0.15) is 0 Å². The maximum Gasteiger partial charge on any atom is 0.242 e. The monoisotopic (exact) mass is 291 g/mol. The van der Waals surface area contributed by atoms with Gasteiger partial charge in [-0.1, -0.05) is 0 Å². The number of aromatic amines is 1. The molecule has 0 saturated carbocycles. The fourth-order valence-corrected chi connectivity index (χ4v) is 2.44. The van der Waals surface area contributed by atoms with Crippen LogP contribution in [0.2, 0.25) is 0 Å². The lowest BCUT2D eigenvalue weighted by atomic mass is 10.3. The minimum absolute atomic E-state index is 0.0747. The van der Waals surface area contributed by atoms with Gasteiger partial charge in [0.05, 0.1) is 17.6 Å². The minimum Gasteiger partial charge on any atom is -0.339 e. The summed E-state index contributed by atoms with van der Waals surface area (Å²) >= 11 is 0. The Labute approximate surface area is 121 Å². The quantitative estimate of drug-likeness (QED) is 0.868. The number of hydrogen-bond donors (Lipinski definition) is 2. The molecule has 3 rings (SSSR count). The molecular weight excluding hydrogens is 273 g/mol. The van der Waals surface area contributed by atoms with Crippen LogP contribution in [-0.4, -0.2) is 60.5 Å². The molecule has 0 atom stereocenters. The fraction of sp³-hybridized carbons (Fsp3) is 0.429. The van der Waals surface area contributed by atoms with E-state index in [1.807, 2.05) is 4.90 Å². The second-order valence-electron chi connectivity index (χ2n) is 5.21. The first-order valence-corrected chi connectivity index (χ1v) is 6.98. The van der Waals surface area contributed by atoms with Gasteiger partial charge in [-0.15, -0.1) is 0 Å². The molecule has 0 spiro atoms. The average Bonchev–Trinajstić information content (AvgIpc) is 2.91. The molecule has 2 aromatic rings. The Balaban J connectivity index is 1.71. The molecule has 1 fully saturated rings. The summed E-state index contributed by atoms with van der Waals surface area (Å²) in [6, 6.07) is 4.40. The number of hydrogen-bond acceptors (Lipinski definition) is 4. The van der Waals surface area contributed by atoms with Crippen molar-refractivity contribution in [2.75, 3.05) is 44.7 Å². The number of anilines is 1. The summed E-state index contributed by atoms with van der Waals surface area (Å²) in [5.74, 6) is 0.335. The molecule has 6 nitrogen and oxygen atoms in total. The van der Waals surface area contributed by atoms with Gasteiger partial charge in [0.15, 0.2) is 0 Å². The Bertz CT molecular complexity index is 650. The SMILES string of the molecule is CN(CC(=O)N1CCNCC1)c1nc2ccc(F)cc2[nH]1. The number of amides is 1. The number of fused-ring (bicyclic) bond motifs is 1. The molecule has 1 amide bonds. The number of carbonyl (C=O) groups is 1. The number of carbonyl (C=O) groups excluding carboxylic acids is 1. The summed E-state index contributed by atoms with van der Waals surface area (Å²) in [7, 11) is 1.80. The molecule has 1 aromatic carbocycles. The largest absolute Gasteiger partial charge is 0.339 e. The van der Waals surface area contributed by atoms with Gasteiger partial charge in [0.25, 0.3) is 0 Å². The van der Waals surface area contributed by atoms with E-state index in [-0.39, 0.29) is 18.3 Å². The van der Waals surface area contributed by atoms with Crippen molar-refractivity contribution in [2.24, 2.45) is 0 Å². The zero-order valence-electron chi connectivity index (χ0n) is 11.9. The second kappa shape index (κ2) is 5.69. The van der Waals surface area contributed by atoms with Gasteiger partial charge in [0.2, 0.25) is 11.9 Å². The number of piperazine rings is 1. The highest BCUT2D eigenvalue weighted by Crippen LogP contribution is 2.17. The number of halogens is 1. The summed E-state index contributed by atoms with van der Waals surface area (Å²) in [5, 5.41) is 3.22. The van der Waals surface area contributed by atoms with Crippen LogP contribution in [0.15, 0.2) is 18.2 Å². The van der Waals surface area contributed by atoms with Crippen molar-refractivity contribution < 1.29 is 9.18 Å². The van der Waals surface area contributed by atoms with E-state index in [1.54, 1.807) is 18.0 Å². The zero-order valence-corrected chi connectivity index (χ0v) is 11.9. The number of benzene rings is 1. The van der Waals surface area contributed by atoms with Crippen LogP contribution >= 0.6 is 0 Å². The molecule has 1 saturated heterocycles. The molecule has 0 aliphatic carbocycles. The fourth-order valence-electron chi connectivity index (χ4n) is 2.44. The van der Waals surface area contributed by atoms with Crippen LogP contribution in [0.3, 0.4) is 0 Å². The first-order valence-electron chi connectivity index (χ1n) is 6.98. The summed E-state index contributed by atoms with van der Waals surface area (Å²) < 4.78 is 13.2. The van der Waals surface area contributed by atoms with Crippen molar-refractivity contribution in [1.82, 2.24) is 20.2 Å². The lowest BCUT2D eigenvalue weighted by molar-refractivity contribution is -0.130. The van der Waals surface area contributed by atoms with Crippen molar-refractivity contribution >= 4 is 22.9 Å². The molecule has 7 heteroatoms. The molecule has 1 aliphatic heterocycles. The Morgan fingerprint density at radius 2 is 2.19 bits per heavy atom. The maximum absolute atomic E-state index is 13.2. The van der Waals surface area contributed by atoms with Crippen molar-refractivity contribution in [3.05, 3.63) is 24.0 Å². The number of imidazole rings is 1. The Kier molecular flexibility index (Phi) is 3.74. The number of aromatic nitrogens is 2. The smallest absolute Gasteiger partial charge is 0.242 e. The zero-order chi connectivity index (χ0) is 14.8. The van der Waals surface area contributed by atoms with E-state index in [1.165, 1.54) is 12.1 Å². The predicted octanol–water partition coefficient (Wildman–Crippen LogP) is 0.570. The number of likely N-dealkylation sites (N-methyl/N-ethyl adjacent to an activating group) is 1. The minimum atomic E-state index is -0.308. The van der Waals surface area contributed by atoms with E-state index >= 15 is 0 Å². The highest BCUT2D eigenvalue weighted by molar-refractivity contribution is 5.82. The van der Waals surface area contributed by atoms with Gasteiger partial charge < -0.3 is 20.1 Å². The van der Waals surface area contributed by atoms with Gasteiger partial charge in [-0.2, -0.15) is 0 Å².